The largest absolute Gasteiger partial charge is 0.390 e. The van der Waals surface area contributed by atoms with E-state index < -0.39 is 18.1 Å². The van der Waals surface area contributed by atoms with Gasteiger partial charge in [-0.3, -0.25) is 0 Å². The molecule has 1 nitrogen and oxygen atoms in total. The minimum absolute atomic E-state index is 0.0129. The molecular weight excluding hydrogens is 227 g/mol. The molecule has 0 bridgehead atoms. The second kappa shape index (κ2) is 6.24. The lowest BCUT2D eigenvalue weighted by Gasteiger charge is -2.34. The number of hydrogen-bond acceptors (Lipinski definition) is 1. The molecule has 100 valence electrons. The molecule has 0 aromatic carbocycles. The van der Waals surface area contributed by atoms with Crippen molar-refractivity contribution in [2.24, 2.45) is 0 Å². The monoisotopic (exact) mass is 249 g/mol. The summed E-state index contributed by atoms with van der Waals surface area (Å²) in [7, 11) is 0. The molecule has 0 heterocycles. The van der Waals surface area contributed by atoms with E-state index >= 15 is 0 Å². The SMILES string of the molecule is C=C/C=C(\C)C[C@](C)(CC(F)(F)F)NC(C)C. The molecule has 0 saturated carbocycles. The van der Waals surface area contributed by atoms with Gasteiger partial charge < -0.3 is 5.32 Å². The number of halogens is 3. The highest BCUT2D eigenvalue weighted by Gasteiger charge is 2.39. The van der Waals surface area contributed by atoms with E-state index in [4.69, 9.17) is 0 Å². The zero-order chi connectivity index (χ0) is 13.7. The van der Waals surface area contributed by atoms with Crippen LogP contribution in [-0.2, 0) is 0 Å². The van der Waals surface area contributed by atoms with Crippen LogP contribution in [0.4, 0.5) is 13.2 Å². The molecule has 17 heavy (non-hydrogen) atoms. The van der Waals surface area contributed by atoms with Gasteiger partial charge >= 0.3 is 6.18 Å². The van der Waals surface area contributed by atoms with Crippen molar-refractivity contribution in [3.63, 3.8) is 0 Å². The molecule has 0 aliphatic rings. The lowest BCUT2D eigenvalue weighted by atomic mass is 9.88. The summed E-state index contributed by atoms with van der Waals surface area (Å²) in [6.07, 6.45) is -1.29. The Hall–Kier alpha value is -0.770. The molecule has 0 saturated heterocycles. The Balaban J connectivity index is 4.84. The van der Waals surface area contributed by atoms with E-state index in [1.807, 2.05) is 20.8 Å². The molecule has 0 aromatic rings. The maximum Gasteiger partial charge on any atom is 0.390 e. The zero-order valence-electron chi connectivity index (χ0n) is 11.0. The Morgan fingerprint density at radius 1 is 1.35 bits per heavy atom. The van der Waals surface area contributed by atoms with Crippen molar-refractivity contribution in [3.05, 3.63) is 24.3 Å². The minimum Gasteiger partial charge on any atom is -0.309 e. The molecule has 0 unspecified atom stereocenters. The first-order chi connectivity index (χ1) is 7.58. The van der Waals surface area contributed by atoms with Crippen LogP contribution in [0.2, 0.25) is 0 Å². The molecule has 1 N–H and O–H groups in total. The molecule has 0 fully saturated rings. The number of allylic oxidation sites excluding steroid dienone is 2. The van der Waals surface area contributed by atoms with E-state index in [2.05, 4.69) is 11.9 Å². The van der Waals surface area contributed by atoms with Gasteiger partial charge in [0.05, 0.1) is 6.42 Å². The van der Waals surface area contributed by atoms with Gasteiger partial charge in [0.1, 0.15) is 0 Å². The van der Waals surface area contributed by atoms with Crippen LogP contribution in [0.25, 0.3) is 0 Å². The highest BCUT2D eigenvalue weighted by Crippen LogP contribution is 2.31. The van der Waals surface area contributed by atoms with Crippen LogP contribution in [0.3, 0.4) is 0 Å². The van der Waals surface area contributed by atoms with E-state index in [1.165, 1.54) is 0 Å². The molecule has 0 amide bonds. The van der Waals surface area contributed by atoms with Gasteiger partial charge in [-0.15, -0.1) is 0 Å². The number of hydrogen-bond donors (Lipinski definition) is 1. The number of nitrogens with one attached hydrogen (secondary N) is 1. The zero-order valence-corrected chi connectivity index (χ0v) is 11.0. The summed E-state index contributed by atoms with van der Waals surface area (Å²) >= 11 is 0. The first-order valence-electron chi connectivity index (χ1n) is 5.70. The summed E-state index contributed by atoms with van der Waals surface area (Å²) in [5, 5.41) is 3.01. The molecule has 0 aromatic heterocycles. The Bertz CT molecular complexity index is 279. The first kappa shape index (κ1) is 16.2. The van der Waals surface area contributed by atoms with Gasteiger partial charge in [-0.1, -0.05) is 38.2 Å². The van der Waals surface area contributed by atoms with Crippen LogP contribution in [0.1, 0.15) is 40.5 Å². The smallest absolute Gasteiger partial charge is 0.309 e. The van der Waals surface area contributed by atoms with Crippen molar-refractivity contribution >= 4 is 0 Å². The van der Waals surface area contributed by atoms with Crippen molar-refractivity contribution in [1.82, 2.24) is 5.32 Å². The van der Waals surface area contributed by atoms with Gasteiger partial charge in [0.2, 0.25) is 0 Å². The van der Waals surface area contributed by atoms with Gasteiger partial charge in [0, 0.05) is 11.6 Å². The average molecular weight is 249 g/mol. The average Bonchev–Trinajstić information content (AvgIpc) is 1.95. The molecule has 0 rings (SSSR count). The Labute approximate surface area is 102 Å². The first-order valence-corrected chi connectivity index (χ1v) is 5.70. The molecule has 0 aliphatic carbocycles. The van der Waals surface area contributed by atoms with E-state index in [1.54, 1.807) is 19.1 Å². The number of alkyl halides is 3. The van der Waals surface area contributed by atoms with Gasteiger partial charge in [0.15, 0.2) is 0 Å². The minimum atomic E-state index is -4.16. The second-order valence-electron chi connectivity index (χ2n) is 5.08. The molecule has 1 atom stereocenters. The predicted octanol–water partition coefficient (Wildman–Crippen LogP) is 4.22. The van der Waals surface area contributed by atoms with E-state index in [9.17, 15) is 13.2 Å². The van der Waals surface area contributed by atoms with Crippen molar-refractivity contribution < 1.29 is 13.2 Å². The molecular formula is C13H22F3N. The summed E-state index contributed by atoms with van der Waals surface area (Å²) in [6, 6.07) is 0.0129. The Morgan fingerprint density at radius 2 is 1.88 bits per heavy atom. The van der Waals surface area contributed by atoms with Gasteiger partial charge in [-0.25, -0.2) is 0 Å². The standard InChI is InChI=1S/C13H22F3N/c1-6-7-11(4)8-12(5,17-10(2)3)9-13(14,15)16/h6-7,10,17H,1,8-9H2,2-5H3/b11-7+/t12-/m1/s1. The fourth-order valence-electron chi connectivity index (χ4n) is 2.18. The van der Waals surface area contributed by atoms with Crippen LogP contribution in [0, 0.1) is 0 Å². The third kappa shape index (κ3) is 8.02. The highest BCUT2D eigenvalue weighted by molar-refractivity contribution is 5.12. The molecule has 4 heteroatoms. The van der Waals surface area contributed by atoms with Crippen molar-refractivity contribution in [3.8, 4) is 0 Å². The van der Waals surface area contributed by atoms with Crippen LogP contribution in [-0.4, -0.2) is 17.8 Å². The van der Waals surface area contributed by atoms with Gasteiger partial charge in [-0.2, -0.15) is 13.2 Å². The third-order valence-electron chi connectivity index (χ3n) is 2.30. The molecule has 0 spiro atoms. The van der Waals surface area contributed by atoms with Crippen LogP contribution < -0.4 is 5.32 Å². The summed E-state index contributed by atoms with van der Waals surface area (Å²) in [5.41, 5.74) is -0.0735. The summed E-state index contributed by atoms with van der Waals surface area (Å²) in [5.74, 6) is 0. The fourth-order valence-corrected chi connectivity index (χ4v) is 2.18. The van der Waals surface area contributed by atoms with E-state index in [0.717, 1.165) is 5.57 Å². The molecule has 0 aliphatic heterocycles. The maximum absolute atomic E-state index is 12.6. The third-order valence-corrected chi connectivity index (χ3v) is 2.30. The van der Waals surface area contributed by atoms with Crippen LogP contribution >= 0.6 is 0 Å². The normalized spacial score (nSPS) is 17.1. The second-order valence-corrected chi connectivity index (χ2v) is 5.08. The highest BCUT2D eigenvalue weighted by atomic mass is 19.4. The quantitative estimate of drug-likeness (QED) is 0.695. The van der Waals surface area contributed by atoms with Crippen LogP contribution in [0.5, 0.6) is 0 Å². The van der Waals surface area contributed by atoms with E-state index in [0.29, 0.717) is 6.42 Å². The topological polar surface area (TPSA) is 12.0 Å². The van der Waals surface area contributed by atoms with Gasteiger partial charge in [0.25, 0.3) is 0 Å². The Morgan fingerprint density at radius 3 is 2.24 bits per heavy atom. The fraction of sp³-hybridized carbons (Fsp3) is 0.692. The van der Waals surface area contributed by atoms with Gasteiger partial charge in [-0.05, 0) is 20.3 Å². The number of rotatable bonds is 6. The summed E-state index contributed by atoms with van der Waals surface area (Å²) < 4.78 is 37.7. The predicted molar refractivity (Wildman–Crippen MR) is 65.9 cm³/mol. The van der Waals surface area contributed by atoms with Crippen molar-refractivity contribution in [2.75, 3.05) is 0 Å². The maximum atomic E-state index is 12.6. The van der Waals surface area contributed by atoms with Crippen LogP contribution in [0.15, 0.2) is 24.3 Å². The summed E-state index contributed by atoms with van der Waals surface area (Å²) in [4.78, 5) is 0. The molecule has 0 radical (unpaired) electrons. The Kier molecular flexibility index (Phi) is 5.96. The van der Waals surface area contributed by atoms with Crippen molar-refractivity contribution in [1.29, 1.82) is 0 Å². The summed E-state index contributed by atoms with van der Waals surface area (Å²) in [6.45, 7) is 10.7. The van der Waals surface area contributed by atoms with E-state index in [-0.39, 0.29) is 6.04 Å². The lowest BCUT2D eigenvalue weighted by Crippen LogP contribution is -2.49. The van der Waals surface area contributed by atoms with Crippen molar-refractivity contribution in [2.45, 2.75) is 58.3 Å². The lowest BCUT2D eigenvalue weighted by molar-refractivity contribution is -0.149.